The zero-order valence-electron chi connectivity index (χ0n) is 32.4. The summed E-state index contributed by atoms with van der Waals surface area (Å²) in [4.78, 5) is 78.5. The molecule has 0 radical (unpaired) electrons. The molecule has 5 amide bonds. The Bertz CT molecular complexity index is 1590. The maximum absolute atomic E-state index is 13.8. The van der Waals surface area contributed by atoms with Crippen LogP contribution in [0.2, 0.25) is 0 Å². The molecule has 14 heteroatoms. The van der Waals surface area contributed by atoms with E-state index in [1.807, 2.05) is 62.4 Å². The quantitative estimate of drug-likeness (QED) is 0.0986. The fraction of sp³-hybridized carbons (Fsp3) is 0.550. The normalized spacial score (nSPS) is 15.4. The number of fused-ring (bicyclic) bond motifs is 3. The minimum Gasteiger partial charge on any atom is -0.480 e. The third-order valence-corrected chi connectivity index (χ3v) is 9.92. The Morgan fingerprint density at radius 3 is 1.74 bits per heavy atom. The van der Waals surface area contributed by atoms with E-state index in [0.717, 1.165) is 22.3 Å². The number of ether oxygens (including phenoxy) is 1. The summed E-state index contributed by atoms with van der Waals surface area (Å²) in [7, 11) is 0. The Balaban J connectivity index is 1.70. The molecule has 0 saturated heterocycles. The van der Waals surface area contributed by atoms with Gasteiger partial charge in [-0.25, -0.2) is 9.59 Å². The number of amides is 5. The Morgan fingerprint density at radius 1 is 0.685 bits per heavy atom. The van der Waals surface area contributed by atoms with Gasteiger partial charge in [0.25, 0.3) is 0 Å². The summed E-state index contributed by atoms with van der Waals surface area (Å²) in [6, 6.07) is 10.5. The van der Waals surface area contributed by atoms with E-state index in [1.54, 1.807) is 27.7 Å². The predicted molar refractivity (Wildman–Crippen MR) is 205 cm³/mol. The molecule has 6 atom stereocenters. The molecule has 0 bridgehead atoms. The van der Waals surface area contributed by atoms with Crippen molar-refractivity contribution in [2.24, 2.45) is 23.5 Å². The van der Waals surface area contributed by atoms with Crippen LogP contribution in [-0.4, -0.2) is 84.2 Å². The first-order chi connectivity index (χ1) is 25.6. The molecule has 0 fully saturated rings. The minimum atomic E-state index is -1.20. The van der Waals surface area contributed by atoms with Gasteiger partial charge in [0.2, 0.25) is 23.6 Å². The highest BCUT2D eigenvalue weighted by molar-refractivity contribution is 5.96. The predicted octanol–water partition coefficient (Wildman–Crippen LogP) is 3.42. The number of hydrogen-bond acceptors (Lipinski definition) is 8. The molecule has 0 unspecified atom stereocenters. The molecule has 54 heavy (non-hydrogen) atoms. The number of carbonyl (C=O) groups excluding carboxylic acids is 5. The number of carboxylic acid groups (broad SMARTS) is 1. The fourth-order valence-corrected chi connectivity index (χ4v) is 6.44. The van der Waals surface area contributed by atoms with E-state index in [-0.39, 0.29) is 24.9 Å². The third kappa shape index (κ3) is 11.5. The van der Waals surface area contributed by atoms with Gasteiger partial charge in [0.15, 0.2) is 0 Å². The lowest BCUT2D eigenvalue weighted by atomic mass is 9.97. The molecule has 14 nitrogen and oxygen atoms in total. The number of unbranched alkanes of at least 4 members (excludes halogenated alkanes) is 1. The van der Waals surface area contributed by atoms with E-state index >= 15 is 0 Å². The lowest BCUT2D eigenvalue weighted by molar-refractivity contribution is -0.143. The SMILES string of the molecule is CC[C@H](C)[C@H](NC(=O)OCC1c2ccccc2-c2ccccc21)C(=O)N[C@@H](CCCCN)C(=O)N[C@H](C(=O)N[C@@H](C)C(=O)N[C@H](C(=O)O)C(C)C)C(C)C. The highest BCUT2D eigenvalue weighted by Gasteiger charge is 2.35. The van der Waals surface area contributed by atoms with Gasteiger partial charge in [-0.2, -0.15) is 0 Å². The van der Waals surface area contributed by atoms with Crippen LogP contribution >= 0.6 is 0 Å². The zero-order chi connectivity index (χ0) is 40.1. The van der Waals surface area contributed by atoms with Crippen LogP contribution in [0.4, 0.5) is 4.79 Å². The van der Waals surface area contributed by atoms with Crippen molar-refractivity contribution in [1.82, 2.24) is 26.6 Å². The van der Waals surface area contributed by atoms with Crippen LogP contribution in [0.5, 0.6) is 0 Å². The van der Waals surface area contributed by atoms with Crippen molar-refractivity contribution in [2.75, 3.05) is 13.2 Å². The second-order valence-electron chi connectivity index (χ2n) is 14.7. The molecule has 0 aliphatic heterocycles. The highest BCUT2D eigenvalue weighted by atomic mass is 16.5. The van der Waals surface area contributed by atoms with Crippen molar-refractivity contribution in [1.29, 1.82) is 0 Å². The maximum atomic E-state index is 13.8. The molecule has 296 valence electrons. The van der Waals surface area contributed by atoms with Gasteiger partial charge in [0, 0.05) is 5.92 Å². The number of rotatable bonds is 20. The van der Waals surface area contributed by atoms with Crippen LogP contribution in [0, 0.1) is 17.8 Å². The molecule has 1 aliphatic rings. The van der Waals surface area contributed by atoms with Crippen molar-refractivity contribution in [3.8, 4) is 11.1 Å². The smallest absolute Gasteiger partial charge is 0.407 e. The van der Waals surface area contributed by atoms with Crippen LogP contribution in [0.25, 0.3) is 11.1 Å². The lowest BCUT2D eigenvalue weighted by Gasteiger charge is -2.29. The fourth-order valence-electron chi connectivity index (χ4n) is 6.44. The number of alkyl carbamates (subject to hydrolysis) is 1. The second kappa shape index (κ2) is 20.5. The number of benzene rings is 2. The lowest BCUT2D eigenvalue weighted by Crippen LogP contribution is -2.60. The molecule has 0 saturated carbocycles. The summed E-state index contributed by atoms with van der Waals surface area (Å²) in [5.41, 5.74) is 9.99. The van der Waals surface area contributed by atoms with E-state index in [9.17, 15) is 33.9 Å². The summed E-state index contributed by atoms with van der Waals surface area (Å²) < 4.78 is 5.72. The van der Waals surface area contributed by atoms with Crippen molar-refractivity contribution in [2.45, 2.75) is 110 Å². The summed E-state index contributed by atoms with van der Waals surface area (Å²) in [6.07, 6.45) is 1.07. The molecule has 1 aliphatic carbocycles. The van der Waals surface area contributed by atoms with Gasteiger partial charge >= 0.3 is 12.1 Å². The van der Waals surface area contributed by atoms with Crippen molar-refractivity contribution >= 4 is 35.7 Å². The average molecular weight is 751 g/mol. The number of carboxylic acids is 1. The first-order valence-corrected chi connectivity index (χ1v) is 18.9. The Hall–Kier alpha value is -4.98. The summed E-state index contributed by atoms with van der Waals surface area (Å²) in [5, 5.41) is 22.7. The van der Waals surface area contributed by atoms with Crippen molar-refractivity contribution in [3.05, 3.63) is 59.7 Å². The molecule has 0 heterocycles. The molecule has 3 rings (SSSR count). The topological polar surface area (TPSA) is 218 Å². The molecular formula is C40H58N6O8. The van der Waals surface area contributed by atoms with E-state index in [4.69, 9.17) is 10.5 Å². The summed E-state index contributed by atoms with van der Waals surface area (Å²) in [5.74, 6) is -5.05. The van der Waals surface area contributed by atoms with Gasteiger partial charge in [-0.15, -0.1) is 0 Å². The van der Waals surface area contributed by atoms with E-state index in [1.165, 1.54) is 6.92 Å². The van der Waals surface area contributed by atoms with E-state index < -0.39 is 77.7 Å². The third-order valence-electron chi connectivity index (χ3n) is 9.92. The second-order valence-corrected chi connectivity index (χ2v) is 14.7. The van der Waals surface area contributed by atoms with Crippen LogP contribution in [0.15, 0.2) is 48.5 Å². The van der Waals surface area contributed by atoms with Gasteiger partial charge < -0.3 is 42.2 Å². The summed E-state index contributed by atoms with van der Waals surface area (Å²) >= 11 is 0. The first-order valence-electron chi connectivity index (χ1n) is 18.9. The number of nitrogens with one attached hydrogen (secondary N) is 5. The van der Waals surface area contributed by atoms with Crippen LogP contribution < -0.4 is 32.3 Å². The van der Waals surface area contributed by atoms with E-state index in [0.29, 0.717) is 25.8 Å². The molecule has 0 spiro atoms. The van der Waals surface area contributed by atoms with Crippen molar-refractivity contribution < 1.29 is 38.6 Å². The molecule has 2 aromatic rings. The largest absolute Gasteiger partial charge is 0.480 e. The zero-order valence-corrected chi connectivity index (χ0v) is 32.4. The Morgan fingerprint density at radius 2 is 1.22 bits per heavy atom. The van der Waals surface area contributed by atoms with Gasteiger partial charge in [-0.05, 0) is 72.7 Å². The van der Waals surface area contributed by atoms with Gasteiger partial charge in [0.05, 0.1) is 0 Å². The molecular weight excluding hydrogens is 692 g/mol. The Kier molecular flexibility index (Phi) is 16.5. The molecule has 8 N–H and O–H groups in total. The van der Waals surface area contributed by atoms with Crippen LogP contribution in [-0.2, 0) is 28.7 Å². The van der Waals surface area contributed by atoms with Crippen molar-refractivity contribution in [3.63, 3.8) is 0 Å². The first kappa shape index (κ1) is 43.4. The number of aliphatic carboxylic acids is 1. The molecule has 2 aromatic carbocycles. The number of hydrogen-bond donors (Lipinski definition) is 7. The van der Waals surface area contributed by atoms with Crippen LogP contribution in [0.1, 0.15) is 91.2 Å². The maximum Gasteiger partial charge on any atom is 0.407 e. The monoisotopic (exact) mass is 750 g/mol. The number of nitrogens with two attached hydrogens (primary N) is 1. The summed E-state index contributed by atoms with van der Waals surface area (Å²) in [6.45, 7) is 12.3. The average Bonchev–Trinajstić information content (AvgIpc) is 3.45. The van der Waals surface area contributed by atoms with Gasteiger partial charge in [0.1, 0.15) is 36.8 Å². The standard InChI is InChI=1S/C40H58N6O8/c1-8-24(6)34(46-40(53)54-21-30-28-17-11-9-15-26(28)27-16-10-12-18-29(27)30)38(50)43-31(19-13-14-20-41)36(48)44-32(22(2)3)37(49)42-25(7)35(47)45-33(23(4)5)39(51)52/h9-12,15-18,22-25,30-34H,8,13-14,19-21,41H2,1-7H3,(H,42,49)(H,43,50)(H,44,48)(H,45,47)(H,46,53)(H,51,52)/t24-,25-,31-,32-,33-,34-/m0/s1. The number of carbonyl (C=O) groups is 6. The van der Waals surface area contributed by atoms with E-state index in [2.05, 4.69) is 26.6 Å². The van der Waals surface area contributed by atoms with Gasteiger partial charge in [-0.1, -0.05) is 96.5 Å². The minimum absolute atomic E-state index is 0.0651. The highest BCUT2D eigenvalue weighted by Crippen LogP contribution is 2.44. The molecule has 0 aromatic heterocycles. The Labute approximate surface area is 318 Å². The van der Waals surface area contributed by atoms with Gasteiger partial charge in [-0.3, -0.25) is 19.2 Å². The van der Waals surface area contributed by atoms with Crippen LogP contribution in [0.3, 0.4) is 0 Å².